The van der Waals surface area contributed by atoms with E-state index >= 15 is 0 Å². The van der Waals surface area contributed by atoms with Gasteiger partial charge in [-0.3, -0.25) is 4.79 Å². The predicted octanol–water partition coefficient (Wildman–Crippen LogP) is 3.04. The number of ketones is 1. The van der Waals surface area contributed by atoms with Gasteiger partial charge >= 0.3 is 0 Å². The number of rotatable bonds is 1. The Hall–Kier alpha value is -0.770. The molecule has 0 heterocycles. The maximum Gasteiger partial charge on any atom is 0.136 e. The highest BCUT2D eigenvalue weighted by molar-refractivity contribution is 5.82. The topological polar surface area (TPSA) is 17.1 Å². The highest BCUT2D eigenvalue weighted by Crippen LogP contribution is 2.39. The lowest BCUT2D eigenvalue weighted by Gasteiger charge is -2.36. The van der Waals surface area contributed by atoms with Crippen molar-refractivity contribution in [3.8, 4) is 12.3 Å². The summed E-state index contributed by atoms with van der Waals surface area (Å²) in [5, 5.41) is 0. The van der Waals surface area contributed by atoms with Crippen LogP contribution in [-0.2, 0) is 4.79 Å². The minimum Gasteiger partial charge on any atom is -0.299 e. The van der Waals surface area contributed by atoms with Crippen LogP contribution >= 0.6 is 0 Å². The van der Waals surface area contributed by atoms with E-state index in [4.69, 9.17) is 6.42 Å². The smallest absolute Gasteiger partial charge is 0.136 e. The lowest BCUT2D eigenvalue weighted by atomic mass is 9.68. The highest BCUT2D eigenvalue weighted by Gasteiger charge is 2.34. The number of carbonyl (C=O) groups excluding carboxylic acids is 1. The van der Waals surface area contributed by atoms with Crippen molar-refractivity contribution in [1.82, 2.24) is 0 Å². The zero-order chi connectivity index (χ0) is 10.8. The van der Waals surface area contributed by atoms with Gasteiger partial charge in [0.1, 0.15) is 5.78 Å². The molecule has 0 bridgehead atoms. The van der Waals surface area contributed by atoms with Crippen LogP contribution in [0.4, 0.5) is 0 Å². The van der Waals surface area contributed by atoms with Crippen molar-refractivity contribution >= 4 is 5.78 Å². The van der Waals surface area contributed by atoms with Gasteiger partial charge in [-0.1, -0.05) is 20.8 Å². The molecule has 0 saturated heterocycles. The van der Waals surface area contributed by atoms with Gasteiger partial charge in [0.25, 0.3) is 0 Å². The van der Waals surface area contributed by atoms with E-state index in [9.17, 15) is 4.79 Å². The van der Waals surface area contributed by atoms with Crippen LogP contribution in [0.2, 0.25) is 0 Å². The van der Waals surface area contributed by atoms with Gasteiger partial charge in [0.2, 0.25) is 0 Å². The van der Waals surface area contributed by atoms with Gasteiger partial charge in [-0.15, -0.1) is 12.3 Å². The molecule has 0 N–H and O–H groups in total. The minimum absolute atomic E-state index is 0.137. The molecule has 78 valence electrons. The zero-order valence-corrected chi connectivity index (χ0v) is 9.47. The van der Waals surface area contributed by atoms with E-state index in [0.29, 0.717) is 23.5 Å². The second-order valence-corrected chi connectivity index (χ2v) is 5.41. The van der Waals surface area contributed by atoms with Crippen molar-refractivity contribution in [2.24, 2.45) is 17.3 Å². The fraction of sp³-hybridized carbons (Fsp3) is 0.769. The standard InChI is InChI=1S/C13H20O/c1-5-6-10-9-11(13(2,3)4)7-8-12(10)14/h1,10-11H,6-9H2,2-4H3. The fourth-order valence-electron chi connectivity index (χ4n) is 2.24. The number of carbonyl (C=O) groups is 1. The molecule has 0 spiro atoms. The van der Waals surface area contributed by atoms with Gasteiger partial charge in [-0.25, -0.2) is 0 Å². The van der Waals surface area contributed by atoms with Crippen molar-refractivity contribution in [3.05, 3.63) is 0 Å². The lowest BCUT2D eigenvalue weighted by Crippen LogP contribution is -2.31. The second kappa shape index (κ2) is 4.17. The molecule has 0 aromatic carbocycles. The van der Waals surface area contributed by atoms with Crippen LogP contribution in [0.1, 0.15) is 46.5 Å². The number of hydrogen-bond acceptors (Lipinski definition) is 1. The van der Waals surface area contributed by atoms with Crippen LogP contribution in [0.3, 0.4) is 0 Å². The summed E-state index contributed by atoms with van der Waals surface area (Å²) in [5.41, 5.74) is 0.313. The van der Waals surface area contributed by atoms with Crippen molar-refractivity contribution in [2.75, 3.05) is 0 Å². The van der Waals surface area contributed by atoms with E-state index in [1.807, 2.05) is 0 Å². The van der Waals surface area contributed by atoms with Gasteiger partial charge < -0.3 is 0 Å². The lowest BCUT2D eigenvalue weighted by molar-refractivity contribution is -0.126. The Bertz CT molecular complexity index is 251. The molecule has 14 heavy (non-hydrogen) atoms. The van der Waals surface area contributed by atoms with E-state index in [-0.39, 0.29) is 5.92 Å². The normalized spacial score (nSPS) is 28.6. The SMILES string of the molecule is C#CCC1CC(C(C)(C)C)CCC1=O. The summed E-state index contributed by atoms with van der Waals surface area (Å²) in [6.07, 6.45) is 8.67. The fourth-order valence-corrected chi connectivity index (χ4v) is 2.24. The molecule has 1 nitrogen and oxygen atoms in total. The van der Waals surface area contributed by atoms with Crippen LogP contribution in [0.25, 0.3) is 0 Å². The molecule has 2 unspecified atom stereocenters. The average Bonchev–Trinajstić information content (AvgIpc) is 2.07. The highest BCUT2D eigenvalue weighted by atomic mass is 16.1. The van der Waals surface area contributed by atoms with Crippen molar-refractivity contribution in [1.29, 1.82) is 0 Å². The first kappa shape index (κ1) is 11.3. The summed E-state index contributed by atoms with van der Waals surface area (Å²) in [7, 11) is 0. The Morgan fingerprint density at radius 1 is 1.50 bits per heavy atom. The molecule has 1 fully saturated rings. The summed E-state index contributed by atoms with van der Waals surface area (Å²) in [5.74, 6) is 3.79. The summed E-state index contributed by atoms with van der Waals surface area (Å²) >= 11 is 0. The van der Waals surface area contributed by atoms with Crippen molar-refractivity contribution < 1.29 is 4.79 Å². The van der Waals surface area contributed by atoms with Crippen LogP contribution < -0.4 is 0 Å². The van der Waals surface area contributed by atoms with Gasteiger partial charge in [0.15, 0.2) is 0 Å². The predicted molar refractivity (Wildman–Crippen MR) is 58.7 cm³/mol. The first-order valence-corrected chi connectivity index (χ1v) is 5.41. The average molecular weight is 192 g/mol. The van der Waals surface area contributed by atoms with E-state index < -0.39 is 0 Å². The van der Waals surface area contributed by atoms with E-state index in [1.54, 1.807) is 0 Å². The summed E-state index contributed by atoms with van der Waals surface area (Å²) < 4.78 is 0. The molecular formula is C13H20O. The molecule has 1 rings (SSSR count). The maximum atomic E-state index is 11.6. The Kier molecular flexibility index (Phi) is 3.37. The van der Waals surface area contributed by atoms with Gasteiger partial charge in [-0.2, -0.15) is 0 Å². The first-order valence-electron chi connectivity index (χ1n) is 5.41. The summed E-state index contributed by atoms with van der Waals surface area (Å²) in [6, 6.07) is 0. The Balaban J connectivity index is 2.63. The van der Waals surface area contributed by atoms with E-state index in [0.717, 1.165) is 19.3 Å². The van der Waals surface area contributed by atoms with E-state index in [1.165, 1.54) is 0 Å². The molecule has 2 atom stereocenters. The molecule has 1 aliphatic rings. The van der Waals surface area contributed by atoms with Crippen LogP contribution in [-0.4, -0.2) is 5.78 Å². The summed E-state index contributed by atoms with van der Waals surface area (Å²) in [6.45, 7) is 6.75. The Labute approximate surface area is 87.3 Å². The third-order valence-electron chi connectivity index (χ3n) is 3.35. The molecule has 0 radical (unpaired) electrons. The third-order valence-corrected chi connectivity index (χ3v) is 3.35. The van der Waals surface area contributed by atoms with Gasteiger partial charge in [0.05, 0.1) is 0 Å². The molecule has 1 heteroatoms. The number of Topliss-reactive ketones (excluding diaryl/α,β-unsaturated/α-hetero) is 1. The third kappa shape index (κ3) is 2.61. The molecule has 0 amide bonds. The molecule has 0 aromatic rings. The first-order chi connectivity index (χ1) is 6.45. The number of terminal acetylenes is 1. The van der Waals surface area contributed by atoms with Crippen molar-refractivity contribution in [3.63, 3.8) is 0 Å². The molecule has 0 aliphatic heterocycles. The molecule has 1 aliphatic carbocycles. The van der Waals surface area contributed by atoms with Crippen LogP contribution in [0.5, 0.6) is 0 Å². The van der Waals surface area contributed by atoms with Crippen molar-refractivity contribution in [2.45, 2.75) is 46.5 Å². The molecule has 0 aromatic heterocycles. The Morgan fingerprint density at radius 3 is 2.64 bits per heavy atom. The van der Waals surface area contributed by atoms with E-state index in [2.05, 4.69) is 26.7 Å². The van der Waals surface area contributed by atoms with Crippen LogP contribution in [0.15, 0.2) is 0 Å². The second-order valence-electron chi connectivity index (χ2n) is 5.41. The van der Waals surface area contributed by atoms with Gasteiger partial charge in [0, 0.05) is 18.8 Å². The van der Waals surface area contributed by atoms with Crippen LogP contribution in [0, 0.1) is 29.6 Å². The zero-order valence-electron chi connectivity index (χ0n) is 9.47. The quantitative estimate of drug-likeness (QED) is 0.584. The number of hydrogen-bond donors (Lipinski definition) is 0. The minimum atomic E-state index is 0.137. The molecule has 1 saturated carbocycles. The maximum absolute atomic E-state index is 11.6. The Morgan fingerprint density at radius 2 is 2.14 bits per heavy atom. The monoisotopic (exact) mass is 192 g/mol. The van der Waals surface area contributed by atoms with Gasteiger partial charge in [-0.05, 0) is 24.2 Å². The summed E-state index contributed by atoms with van der Waals surface area (Å²) in [4.78, 5) is 11.6. The molecular weight excluding hydrogens is 172 g/mol. The largest absolute Gasteiger partial charge is 0.299 e.